The van der Waals surface area contributed by atoms with Crippen LogP contribution in [0.2, 0.25) is 0 Å². The Balaban J connectivity index is 1.93. The normalized spacial score (nSPS) is 15.0. The Morgan fingerprint density at radius 1 is 1.00 bits per heavy atom. The second-order valence-electron chi connectivity index (χ2n) is 5.51. The lowest BCUT2D eigenvalue weighted by molar-refractivity contribution is -0.132. The first-order valence-corrected chi connectivity index (χ1v) is 7.61. The fraction of sp³-hybridized carbons (Fsp3) is 0.500. The van der Waals surface area contributed by atoms with Crippen molar-refractivity contribution < 1.29 is 19.8 Å². The Morgan fingerprint density at radius 3 is 2.09 bits per heavy atom. The van der Waals surface area contributed by atoms with E-state index in [2.05, 4.69) is 6.92 Å². The maximum Gasteiger partial charge on any atom is 0.254 e. The molecule has 120 valence electrons. The molecular formula is C16H22N2O4. The molecule has 22 heavy (non-hydrogen) atoms. The monoisotopic (exact) mass is 306 g/mol. The molecule has 0 atom stereocenters. The van der Waals surface area contributed by atoms with E-state index >= 15 is 0 Å². The minimum absolute atomic E-state index is 0.142. The van der Waals surface area contributed by atoms with E-state index in [0.29, 0.717) is 32.6 Å². The second kappa shape index (κ2) is 7.15. The summed E-state index contributed by atoms with van der Waals surface area (Å²) in [6, 6.07) is 3.85. The Kier molecular flexibility index (Phi) is 5.25. The molecule has 1 aromatic carbocycles. The van der Waals surface area contributed by atoms with Crippen LogP contribution in [0.1, 0.15) is 36.5 Å². The van der Waals surface area contributed by atoms with Crippen LogP contribution >= 0.6 is 0 Å². The van der Waals surface area contributed by atoms with Crippen molar-refractivity contribution in [2.75, 3.05) is 26.2 Å². The number of amides is 2. The predicted octanol–water partition coefficient (Wildman–Crippen LogP) is 1.57. The van der Waals surface area contributed by atoms with Crippen molar-refractivity contribution in [3.05, 3.63) is 23.8 Å². The summed E-state index contributed by atoms with van der Waals surface area (Å²) in [6.45, 7) is 4.03. The molecule has 0 aliphatic carbocycles. The number of carbonyl (C=O) groups is 2. The quantitative estimate of drug-likeness (QED) is 0.885. The molecule has 1 aromatic rings. The van der Waals surface area contributed by atoms with Crippen molar-refractivity contribution in [1.29, 1.82) is 0 Å². The number of benzene rings is 1. The molecule has 0 bridgehead atoms. The van der Waals surface area contributed by atoms with Crippen molar-refractivity contribution in [1.82, 2.24) is 9.80 Å². The van der Waals surface area contributed by atoms with E-state index in [1.165, 1.54) is 18.2 Å². The van der Waals surface area contributed by atoms with Crippen molar-refractivity contribution in [3.63, 3.8) is 0 Å². The summed E-state index contributed by atoms with van der Waals surface area (Å²) in [6.07, 6.45) is 2.44. The highest BCUT2D eigenvalue weighted by Crippen LogP contribution is 2.22. The Labute approximate surface area is 130 Å². The zero-order chi connectivity index (χ0) is 16.1. The third-order valence-electron chi connectivity index (χ3n) is 3.81. The molecule has 6 nitrogen and oxygen atoms in total. The van der Waals surface area contributed by atoms with E-state index in [9.17, 15) is 19.8 Å². The van der Waals surface area contributed by atoms with Gasteiger partial charge in [-0.15, -0.1) is 0 Å². The maximum absolute atomic E-state index is 12.4. The topological polar surface area (TPSA) is 81.1 Å². The number of phenols is 2. The van der Waals surface area contributed by atoms with Gasteiger partial charge in [-0.1, -0.05) is 13.3 Å². The molecule has 1 saturated heterocycles. The number of phenolic OH excluding ortho intramolecular Hbond substituents is 2. The highest BCUT2D eigenvalue weighted by atomic mass is 16.3. The highest BCUT2D eigenvalue weighted by molar-refractivity contribution is 5.95. The van der Waals surface area contributed by atoms with Crippen LogP contribution in [0.15, 0.2) is 18.2 Å². The van der Waals surface area contributed by atoms with Gasteiger partial charge in [0.05, 0.1) is 0 Å². The fourth-order valence-corrected chi connectivity index (χ4v) is 2.55. The van der Waals surface area contributed by atoms with Gasteiger partial charge in [-0.25, -0.2) is 0 Å². The lowest BCUT2D eigenvalue weighted by Gasteiger charge is -2.35. The standard InChI is InChI=1S/C16H22N2O4/c1-2-3-4-15(21)17-5-7-18(8-6-17)16(22)12-9-13(19)11-14(20)10-12/h9-11,19-20H,2-8H2,1H3. The highest BCUT2D eigenvalue weighted by Gasteiger charge is 2.24. The number of hydrogen-bond acceptors (Lipinski definition) is 4. The van der Waals surface area contributed by atoms with E-state index in [0.717, 1.165) is 12.8 Å². The van der Waals surface area contributed by atoms with Crippen LogP contribution in [0.4, 0.5) is 0 Å². The summed E-state index contributed by atoms with van der Waals surface area (Å²) in [5.74, 6) is -0.385. The number of nitrogens with zero attached hydrogens (tertiary/aromatic N) is 2. The van der Waals surface area contributed by atoms with Crippen molar-refractivity contribution >= 4 is 11.8 Å². The van der Waals surface area contributed by atoms with E-state index in [4.69, 9.17) is 0 Å². The number of unbranched alkanes of at least 4 members (excludes halogenated alkanes) is 1. The van der Waals surface area contributed by atoms with Gasteiger partial charge in [-0.3, -0.25) is 9.59 Å². The van der Waals surface area contributed by atoms with Gasteiger partial charge in [0.25, 0.3) is 5.91 Å². The Hall–Kier alpha value is -2.24. The van der Waals surface area contributed by atoms with Gasteiger partial charge in [0.1, 0.15) is 11.5 Å². The van der Waals surface area contributed by atoms with E-state index in [1.54, 1.807) is 9.80 Å². The van der Waals surface area contributed by atoms with Gasteiger partial charge in [0.15, 0.2) is 0 Å². The van der Waals surface area contributed by atoms with E-state index < -0.39 is 0 Å². The molecule has 6 heteroatoms. The summed E-state index contributed by atoms with van der Waals surface area (Å²) >= 11 is 0. The van der Waals surface area contributed by atoms with Crippen LogP contribution in [0.25, 0.3) is 0 Å². The van der Waals surface area contributed by atoms with Crippen LogP contribution in [0, 0.1) is 0 Å². The number of carbonyl (C=O) groups excluding carboxylic acids is 2. The smallest absolute Gasteiger partial charge is 0.254 e. The van der Waals surface area contributed by atoms with Gasteiger partial charge < -0.3 is 20.0 Å². The summed E-state index contributed by atoms with van der Waals surface area (Å²) in [5, 5.41) is 18.9. The largest absolute Gasteiger partial charge is 0.508 e. The lowest BCUT2D eigenvalue weighted by atomic mass is 10.1. The third-order valence-corrected chi connectivity index (χ3v) is 3.81. The number of hydrogen-bond donors (Lipinski definition) is 2. The van der Waals surface area contributed by atoms with Crippen LogP contribution in [0.5, 0.6) is 11.5 Å². The lowest BCUT2D eigenvalue weighted by Crippen LogP contribution is -2.50. The zero-order valence-electron chi connectivity index (χ0n) is 12.8. The molecule has 1 fully saturated rings. The molecule has 2 amide bonds. The number of aromatic hydroxyl groups is 2. The van der Waals surface area contributed by atoms with Gasteiger partial charge >= 0.3 is 0 Å². The SMILES string of the molecule is CCCCC(=O)N1CCN(C(=O)c2cc(O)cc(O)c2)CC1. The molecule has 0 spiro atoms. The molecule has 0 aromatic heterocycles. The minimum Gasteiger partial charge on any atom is -0.508 e. The zero-order valence-corrected chi connectivity index (χ0v) is 12.8. The predicted molar refractivity (Wildman–Crippen MR) is 81.8 cm³/mol. The number of piperazine rings is 1. The van der Waals surface area contributed by atoms with Crippen molar-refractivity contribution in [3.8, 4) is 11.5 Å². The van der Waals surface area contributed by atoms with Gasteiger partial charge in [0, 0.05) is 44.2 Å². The van der Waals surface area contributed by atoms with Crippen molar-refractivity contribution in [2.24, 2.45) is 0 Å². The molecular weight excluding hydrogens is 284 g/mol. The summed E-state index contributed by atoms with van der Waals surface area (Å²) in [5.41, 5.74) is 0.253. The minimum atomic E-state index is -0.244. The van der Waals surface area contributed by atoms with E-state index in [-0.39, 0.29) is 28.9 Å². The molecule has 1 heterocycles. The fourth-order valence-electron chi connectivity index (χ4n) is 2.55. The average Bonchev–Trinajstić information content (AvgIpc) is 2.51. The first-order valence-electron chi connectivity index (χ1n) is 7.61. The summed E-state index contributed by atoms with van der Waals surface area (Å²) < 4.78 is 0. The first kappa shape index (κ1) is 16.1. The summed E-state index contributed by atoms with van der Waals surface area (Å²) in [7, 11) is 0. The Bertz CT molecular complexity index is 531. The van der Waals surface area contributed by atoms with Gasteiger partial charge in [-0.2, -0.15) is 0 Å². The van der Waals surface area contributed by atoms with Crippen LogP contribution in [-0.4, -0.2) is 58.0 Å². The maximum atomic E-state index is 12.4. The molecule has 0 unspecified atom stereocenters. The van der Waals surface area contributed by atoms with Gasteiger partial charge in [-0.05, 0) is 18.6 Å². The molecule has 0 saturated carbocycles. The average molecular weight is 306 g/mol. The third kappa shape index (κ3) is 3.90. The first-order chi connectivity index (χ1) is 10.5. The van der Waals surface area contributed by atoms with Crippen LogP contribution < -0.4 is 0 Å². The molecule has 0 radical (unpaired) electrons. The van der Waals surface area contributed by atoms with Gasteiger partial charge in [0.2, 0.25) is 5.91 Å². The Morgan fingerprint density at radius 2 is 1.55 bits per heavy atom. The molecule has 2 N–H and O–H groups in total. The molecule has 1 aliphatic rings. The summed E-state index contributed by atoms with van der Waals surface area (Å²) in [4.78, 5) is 27.7. The molecule has 2 rings (SSSR count). The second-order valence-corrected chi connectivity index (χ2v) is 5.51. The van der Waals surface area contributed by atoms with Crippen molar-refractivity contribution in [2.45, 2.75) is 26.2 Å². The van der Waals surface area contributed by atoms with E-state index in [1.807, 2.05) is 0 Å². The van der Waals surface area contributed by atoms with Crippen LogP contribution in [-0.2, 0) is 4.79 Å². The number of rotatable bonds is 4. The van der Waals surface area contributed by atoms with Crippen LogP contribution in [0.3, 0.4) is 0 Å². The molecule has 1 aliphatic heterocycles.